The van der Waals surface area contributed by atoms with Crippen LogP contribution in [0, 0.1) is 6.92 Å². The maximum absolute atomic E-state index is 12.6. The lowest BCUT2D eigenvalue weighted by molar-refractivity contribution is -0.0561. The Hall–Kier alpha value is -1.33. The van der Waals surface area contributed by atoms with Gasteiger partial charge < -0.3 is 18.8 Å². The standard InChI is InChI=1S/C13H17NO4/c1-10-2-5-18-11(10)12(15)14-4-7-17-9-13(14)3-6-16-8-13/h2,5H,3-4,6-9H2,1H3/t13-/m1/s1. The Morgan fingerprint density at radius 1 is 1.33 bits per heavy atom. The minimum atomic E-state index is -0.297. The zero-order valence-electron chi connectivity index (χ0n) is 10.5. The predicted molar refractivity (Wildman–Crippen MR) is 63.5 cm³/mol. The molecule has 0 saturated carbocycles. The second kappa shape index (κ2) is 4.40. The highest BCUT2D eigenvalue weighted by atomic mass is 16.5. The summed E-state index contributed by atoms with van der Waals surface area (Å²) in [5.41, 5.74) is 0.578. The maximum atomic E-state index is 12.6. The van der Waals surface area contributed by atoms with Crippen molar-refractivity contribution < 1.29 is 18.7 Å². The summed E-state index contributed by atoms with van der Waals surface area (Å²) in [6.07, 6.45) is 2.39. The molecule has 18 heavy (non-hydrogen) atoms. The van der Waals surface area contributed by atoms with Crippen LogP contribution >= 0.6 is 0 Å². The van der Waals surface area contributed by atoms with Gasteiger partial charge in [0.05, 0.1) is 31.6 Å². The molecule has 2 fully saturated rings. The Kier molecular flexibility index (Phi) is 2.87. The Morgan fingerprint density at radius 2 is 2.11 bits per heavy atom. The Balaban J connectivity index is 1.89. The summed E-state index contributed by atoms with van der Waals surface area (Å²) in [7, 11) is 0. The van der Waals surface area contributed by atoms with Gasteiger partial charge in [0.2, 0.25) is 0 Å². The van der Waals surface area contributed by atoms with Crippen molar-refractivity contribution in [1.82, 2.24) is 4.90 Å². The number of morpholine rings is 1. The first-order valence-electron chi connectivity index (χ1n) is 6.24. The van der Waals surface area contributed by atoms with Crippen molar-refractivity contribution >= 4 is 5.91 Å². The van der Waals surface area contributed by atoms with Gasteiger partial charge in [-0.1, -0.05) is 0 Å². The monoisotopic (exact) mass is 251 g/mol. The van der Waals surface area contributed by atoms with E-state index < -0.39 is 0 Å². The minimum absolute atomic E-state index is 0.0497. The molecule has 0 N–H and O–H groups in total. The van der Waals surface area contributed by atoms with Crippen LogP contribution in [0.3, 0.4) is 0 Å². The number of aryl methyl sites for hydroxylation is 1. The molecular formula is C13H17NO4. The summed E-state index contributed by atoms with van der Waals surface area (Å²) < 4.78 is 16.3. The van der Waals surface area contributed by atoms with Gasteiger partial charge in [-0.05, 0) is 19.4 Å². The third-order valence-corrected chi connectivity index (χ3v) is 3.79. The zero-order chi connectivity index (χ0) is 12.6. The number of furan rings is 1. The Labute approximate surface area is 106 Å². The summed E-state index contributed by atoms with van der Waals surface area (Å²) >= 11 is 0. The molecule has 1 aromatic heterocycles. The molecule has 5 heteroatoms. The molecule has 1 amide bonds. The van der Waals surface area contributed by atoms with Gasteiger partial charge in [-0.3, -0.25) is 4.79 Å². The molecule has 2 aliphatic heterocycles. The van der Waals surface area contributed by atoms with E-state index in [0.717, 1.165) is 12.0 Å². The van der Waals surface area contributed by atoms with E-state index in [1.54, 1.807) is 6.26 Å². The van der Waals surface area contributed by atoms with Crippen LogP contribution in [0.1, 0.15) is 22.5 Å². The summed E-state index contributed by atoms with van der Waals surface area (Å²) in [5.74, 6) is 0.384. The molecule has 1 atom stereocenters. The second-order valence-corrected chi connectivity index (χ2v) is 4.97. The predicted octanol–water partition coefficient (Wildman–Crippen LogP) is 1.22. The molecule has 0 aliphatic carbocycles. The highest BCUT2D eigenvalue weighted by molar-refractivity contribution is 5.93. The smallest absolute Gasteiger partial charge is 0.290 e. The van der Waals surface area contributed by atoms with Gasteiger partial charge in [0.1, 0.15) is 0 Å². The van der Waals surface area contributed by atoms with E-state index in [2.05, 4.69) is 0 Å². The third kappa shape index (κ3) is 1.74. The first-order valence-corrected chi connectivity index (χ1v) is 6.24. The van der Waals surface area contributed by atoms with E-state index in [1.807, 2.05) is 17.9 Å². The molecule has 2 saturated heterocycles. The Morgan fingerprint density at radius 3 is 2.78 bits per heavy atom. The van der Waals surface area contributed by atoms with Crippen molar-refractivity contribution in [1.29, 1.82) is 0 Å². The number of hydrogen-bond donors (Lipinski definition) is 0. The fourth-order valence-electron chi connectivity index (χ4n) is 2.69. The fraction of sp³-hybridized carbons (Fsp3) is 0.615. The van der Waals surface area contributed by atoms with Crippen LogP contribution in [-0.2, 0) is 9.47 Å². The van der Waals surface area contributed by atoms with Crippen molar-refractivity contribution in [3.63, 3.8) is 0 Å². The first kappa shape index (κ1) is 11.7. The quantitative estimate of drug-likeness (QED) is 0.753. The van der Waals surface area contributed by atoms with Gasteiger partial charge in [0.15, 0.2) is 5.76 Å². The lowest BCUT2D eigenvalue weighted by atomic mass is 9.95. The van der Waals surface area contributed by atoms with Crippen LogP contribution in [0.4, 0.5) is 0 Å². The topological polar surface area (TPSA) is 51.9 Å². The normalized spacial score (nSPS) is 27.9. The largest absolute Gasteiger partial charge is 0.459 e. The lowest BCUT2D eigenvalue weighted by Gasteiger charge is -2.43. The average molecular weight is 251 g/mol. The average Bonchev–Trinajstić information content (AvgIpc) is 2.99. The molecule has 3 heterocycles. The third-order valence-electron chi connectivity index (χ3n) is 3.79. The zero-order valence-corrected chi connectivity index (χ0v) is 10.5. The van der Waals surface area contributed by atoms with Gasteiger partial charge in [0, 0.05) is 18.7 Å². The van der Waals surface area contributed by atoms with Gasteiger partial charge >= 0.3 is 0 Å². The number of ether oxygens (including phenoxy) is 2. The molecule has 0 aromatic carbocycles. The Bertz CT molecular complexity index is 448. The van der Waals surface area contributed by atoms with Crippen LogP contribution in [0.5, 0.6) is 0 Å². The van der Waals surface area contributed by atoms with Crippen molar-refractivity contribution in [2.45, 2.75) is 18.9 Å². The highest BCUT2D eigenvalue weighted by Crippen LogP contribution is 2.31. The van der Waals surface area contributed by atoms with E-state index in [0.29, 0.717) is 38.7 Å². The van der Waals surface area contributed by atoms with Crippen molar-refractivity contribution in [3.05, 3.63) is 23.7 Å². The SMILES string of the molecule is Cc1ccoc1C(=O)N1CCOC[C@]12CCOC2. The van der Waals surface area contributed by atoms with Crippen LogP contribution in [-0.4, -0.2) is 49.3 Å². The van der Waals surface area contributed by atoms with E-state index in [-0.39, 0.29) is 11.4 Å². The van der Waals surface area contributed by atoms with Crippen molar-refractivity contribution in [2.24, 2.45) is 0 Å². The van der Waals surface area contributed by atoms with Crippen molar-refractivity contribution in [2.75, 3.05) is 33.0 Å². The fourth-order valence-corrected chi connectivity index (χ4v) is 2.69. The van der Waals surface area contributed by atoms with Crippen LogP contribution in [0.25, 0.3) is 0 Å². The summed E-state index contributed by atoms with van der Waals surface area (Å²) in [4.78, 5) is 14.4. The number of amides is 1. The van der Waals surface area contributed by atoms with Crippen LogP contribution < -0.4 is 0 Å². The molecule has 0 unspecified atom stereocenters. The molecule has 1 aromatic rings. The number of hydrogen-bond acceptors (Lipinski definition) is 4. The first-order chi connectivity index (χ1) is 8.73. The van der Waals surface area contributed by atoms with Gasteiger partial charge in [-0.15, -0.1) is 0 Å². The molecule has 1 spiro atoms. The van der Waals surface area contributed by atoms with Crippen molar-refractivity contribution in [3.8, 4) is 0 Å². The molecular weight excluding hydrogens is 234 g/mol. The lowest BCUT2D eigenvalue weighted by Crippen LogP contribution is -2.59. The van der Waals surface area contributed by atoms with Gasteiger partial charge in [0.25, 0.3) is 5.91 Å². The molecule has 3 rings (SSSR count). The molecule has 98 valence electrons. The summed E-state index contributed by atoms with van der Waals surface area (Å²) in [6, 6.07) is 1.81. The molecule has 0 radical (unpaired) electrons. The van der Waals surface area contributed by atoms with E-state index >= 15 is 0 Å². The second-order valence-electron chi connectivity index (χ2n) is 4.97. The maximum Gasteiger partial charge on any atom is 0.290 e. The van der Waals surface area contributed by atoms with Gasteiger partial charge in [-0.2, -0.15) is 0 Å². The van der Waals surface area contributed by atoms with Crippen LogP contribution in [0.2, 0.25) is 0 Å². The summed E-state index contributed by atoms with van der Waals surface area (Å²) in [5, 5.41) is 0. The van der Waals surface area contributed by atoms with Crippen LogP contribution in [0.15, 0.2) is 16.7 Å². The molecule has 2 aliphatic rings. The number of rotatable bonds is 1. The number of carbonyl (C=O) groups excluding carboxylic acids is 1. The van der Waals surface area contributed by atoms with Gasteiger partial charge in [-0.25, -0.2) is 0 Å². The minimum Gasteiger partial charge on any atom is -0.459 e. The molecule has 5 nitrogen and oxygen atoms in total. The number of nitrogens with zero attached hydrogens (tertiary/aromatic N) is 1. The van der Waals surface area contributed by atoms with E-state index in [1.165, 1.54) is 0 Å². The van der Waals surface area contributed by atoms with E-state index in [4.69, 9.17) is 13.9 Å². The van der Waals surface area contributed by atoms with E-state index in [9.17, 15) is 4.79 Å². The molecule has 0 bridgehead atoms. The number of carbonyl (C=O) groups is 1. The summed E-state index contributed by atoms with van der Waals surface area (Å²) in [6.45, 7) is 4.85. The highest BCUT2D eigenvalue weighted by Gasteiger charge is 2.46.